The lowest BCUT2D eigenvalue weighted by Crippen LogP contribution is -2.08. The highest BCUT2D eigenvalue weighted by Crippen LogP contribution is 2.40. The van der Waals surface area contributed by atoms with E-state index in [1.165, 1.54) is 4.68 Å². The first-order valence-corrected chi connectivity index (χ1v) is 5.76. The molecule has 0 unspecified atom stereocenters. The van der Waals surface area contributed by atoms with E-state index in [-0.39, 0.29) is 30.6 Å². The molecule has 7 nitrogen and oxygen atoms in total. The number of nitro groups is 1. The van der Waals surface area contributed by atoms with E-state index in [4.69, 9.17) is 10.8 Å². The number of aliphatic hydroxyl groups excluding tert-OH is 1. The van der Waals surface area contributed by atoms with E-state index in [2.05, 4.69) is 5.10 Å². The summed E-state index contributed by atoms with van der Waals surface area (Å²) in [4.78, 5) is 10.6. The van der Waals surface area contributed by atoms with Crippen molar-refractivity contribution in [1.29, 1.82) is 0 Å². The molecule has 1 aromatic heterocycles. The van der Waals surface area contributed by atoms with E-state index >= 15 is 0 Å². The number of aliphatic hydroxyl groups is 1. The Labute approximate surface area is 98.4 Å². The third kappa shape index (κ3) is 2.10. The Hall–Kier alpha value is -1.63. The standard InChI is InChI=1S/C10H16N4O3/c11-10-9(14(16)17)8(7-3-1-2-4-7)12-13(10)5-6-15/h7,15H,1-6,11H2. The van der Waals surface area contributed by atoms with Gasteiger partial charge in [0.2, 0.25) is 5.82 Å². The zero-order chi connectivity index (χ0) is 12.4. The normalized spacial score (nSPS) is 16.5. The van der Waals surface area contributed by atoms with E-state index in [1.54, 1.807) is 0 Å². The molecule has 1 saturated carbocycles. The molecule has 94 valence electrons. The second-order valence-corrected chi connectivity index (χ2v) is 4.30. The summed E-state index contributed by atoms with van der Waals surface area (Å²) in [5.74, 6) is 0.184. The monoisotopic (exact) mass is 240 g/mol. The van der Waals surface area contributed by atoms with Gasteiger partial charge in [-0.3, -0.25) is 10.1 Å². The van der Waals surface area contributed by atoms with Gasteiger partial charge in [-0.2, -0.15) is 5.10 Å². The zero-order valence-electron chi connectivity index (χ0n) is 9.50. The highest BCUT2D eigenvalue weighted by molar-refractivity contribution is 5.57. The first-order valence-electron chi connectivity index (χ1n) is 5.76. The minimum absolute atomic E-state index is 0.0472. The number of nitrogens with zero attached hydrogens (tertiary/aromatic N) is 3. The molecule has 17 heavy (non-hydrogen) atoms. The largest absolute Gasteiger partial charge is 0.394 e. The van der Waals surface area contributed by atoms with Gasteiger partial charge in [0.25, 0.3) is 0 Å². The van der Waals surface area contributed by atoms with Gasteiger partial charge in [0, 0.05) is 5.92 Å². The van der Waals surface area contributed by atoms with Crippen LogP contribution in [-0.4, -0.2) is 26.4 Å². The molecule has 1 aromatic rings. The zero-order valence-corrected chi connectivity index (χ0v) is 9.50. The molecule has 3 N–H and O–H groups in total. The van der Waals surface area contributed by atoms with Gasteiger partial charge in [-0.1, -0.05) is 12.8 Å². The SMILES string of the molecule is Nc1c([N+](=O)[O-])c(C2CCCC2)nn1CCO. The maximum absolute atomic E-state index is 11.0. The maximum atomic E-state index is 11.0. The minimum Gasteiger partial charge on any atom is -0.394 e. The number of aromatic nitrogens is 2. The average molecular weight is 240 g/mol. The molecule has 0 spiro atoms. The number of anilines is 1. The number of hydrogen-bond acceptors (Lipinski definition) is 5. The van der Waals surface area contributed by atoms with Gasteiger partial charge >= 0.3 is 5.69 Å². The summed E-state index contributed by atoms with van der Waals surface area (Å²) in [6.45, 7) is 0.0620. The van der Waals surface area contributed by atoms with Crippen LogP contribution < -0.4 is 5.73 Å². The van der Waals surface area contributed by atoms with Crippen LogP contribution >= 0.6 is 0 Å². The van der Waals surface area contributed by atoms with Gasteiger partial charge in [-0.15, -0.1) is 0 Å². The summed E-state index contributed by atoms with van der Waals surface area (Å²) in [7, 11) is 0. The smallest absolute Gasteiger partial charge is 0.334 e. The van der Waals surface area contributed by atoms with E-state index in [0.717, 1.165) is 25.7 Å². The van der Waals surface area contributed by atoms with Crippen molar-refractivity contribution in [2.75, 3.05) is 12.3 Å². The molecule has 1 aliphatic rings. The van der Waals surface area contributed by atoms with Crippen LogP contribution in [-0.2, 0) is 6.54 Å². The summed E-state index contributed by atoms with van der Waals surface area (Å²) in [6.07, 6.45) is 4.01. The second-order valence-electron chi connectivity index (χ2n) is 4.30. The summed E-state index contributed by atoms with van der Waals surface area (Å²) in [6, 6.07) is 0. The van der Waals surface area contributed by atoms with Crippen LogP contribution in [0.25, 0.3) is 0 Å². The van der Waals surface area contributed by atoms with Crippen LogP contribution in [0.3, 0.4) is 0 Å². The van der Waals surface area contributed by atoms with Crippen molar-refractivity contribution < 1.29 is 10.0 Å². The number of nitrogens with two attached hydrogens (primary N) is 1. The molecule has 0 aromatic carbocycles. The van der Waals surface area contributed by atoms with Gasteiger partial charge in [-0.25, -0.2) is 4.68 Å². The number of nitrogen functional groups attached to an aromatic ring is 1. The molecule has 0 atom stereocenters. The fourth-order valence-electron chi connectivity index (χ4n) is 2.41. The lowest BCUT2D eigenvalue weighted by Gasteiger charge is -2.03. The Bertz CT molecular complexity index is 423. The Morgan fingerprint density at radius 2 is 2.18 bits per heavy atom. The van der Waals surface area contributed by atoms with Crippen molar-refractivity contribution in [1.82, 2.24) is 9.78 Å². The van der Waals surface area contributed by atoms with Gasteiger partial charge < -0.3 is 10.8 Å². The molecular weight excluding hydrogens is 224 g/mol. The molecular formula is C10H16N4O3. The summed E-state index contributed by atoms with van der Waals surface area (Å²) in [5, 5.41) is 24.1. The van der Waals surface area contributed by atoms with Crippen molar-refractivity contribution in [3.63, 3.8) is 0 Å². The summed E-state index contributed by atoms with van der Waals surface area (Å²) >= 11 is 0. The van der Waals surface area contributed by atoms with E-state index in [0.29, 0.717) is 5.69 Å². The van der Waals surface area contributed by atoms with E-state index in [1.807, 2.05) is 0 Å². The fraction of sp³-hybridized carbons (Fsp3) is 0.700. The van der Waals surface area contributed by atoms with Gasteiger partial charge in [0.1, 0.15) is 5.69 Å². The van der Waals surface area contributed by atoms with Crippen molar-refractivity contribution in [2.45, 2.75) is 38.1 Å². The highest BCUT2D eigenvalue weighted by atomic mass is 16.6. The lowest BCUT2D eigenvalue weighted by molar-refractivity contribution is -0.384. The van der Waals surface area contributed by atoms with Gasteiger partial charge in [-0.05, 0) is 12.8 Å². The van der Waals surface area contributed by atoms with Crippen molar-refractivity contribution in [2.24, 2.45) is 0 Å². The Balaban J connectivity index is 2.41. The Morgan fingerprint density at radius 1 is 1.53 bits per heavy atom. The molecule has 1 aliphatic carbocycles. The first kappa shape index (κ1) is 11.8. The predicted octanol–water partition coefficient (Wildman–Crippen LogP) is 1.02. The lowest BCUT2D eigenvalue weighted by atomic mass is 10.0. The van der Waals surface area contributed by atoms with Crippen molar-refractivity contribution in [3.8, 4) is 0 Å². The number of rotatable bonds is 4. The van der Waals surface area contributed by atoms with Crippen LogP contribution in [0, 0.1) is 10.1 Å². The minimum atomic E-state index is -0.468. The fourth-order valence-corrected chi connectivity index (χ4v) is 2.41. The third-order valence-electron chi connectivity index (χ3n) is 3.23. The molecule has 0 amide bonds. The first-order chi connectivity index (χ1) is 8.15. The molecule has 1 heterocycles. The van der Waals surface area contributed by atoms with Crippen LogP contribution in [0.5, 0.6) is 0 Å². The quantitative estimate of drug-likeness (QED) is 0.603. The molecule has 0 radical (unpaired) electrons. The van der Waals surface area contributed by atoms with Crippen LogP contribution in [0.2, 0.25) is 0 Å². The molecule has 0 saturated heterocycles. The molecule has 0 aliphatic heterocycles. The van der Waals surface area contributed by atoms with Crippen LogP contribution in [0.15, 0.2) is 0 Å². The number of hydrogen-bond donors (Lipinski definition) is 2. The Morgan fingerprint density at radius 3 is 2.71 bits per heavy atom. The van der Waals surface area contributed by atoms with Crippen molar-refractivity contribution in [3.05, 3.63) is 15.8 Å². The predicted molar refractivity (Wildman–Crippen MR) is 61.6 cm³/mol. The Kier molecular flexibility index (Phi) is 3.28. The van der Waals surface area contributed by atoms with E-state index in [9.17, 15) is 10.1 Å². The third-order valence-corrected chi connectivity index (χ3v) is 3.23. The second kappa shape index (κ2) is 4.70. The van der Waals surface area contributed by atoms with Crippen LogP contribution in [0.4, 0.5) is 11.5 Å². The topological polar surface area (TPSA) is 107 Å². The highest BCUT2D eigenvalue weighted by Gasteiger charge is 2.32. The molecule has 7 heteroatoms. The van der Waals surface area contributed by atoms with E-state index < -0.39 is 4.92 Å². The molecule has 2 rings (SSSR count). The van der Waals surface area contributed by atoms with Gasteiger partial charge in [0.15, 0.2) is 0 Å². The summed E-state index contributed by atoms with van der Waals surface area (Å²) < 4.78 is 1.33. The average Bonchev–Trinajstić information content (AvgIpc) is 2.87. The molecule has 0 bridgehead atoms. The molecule has 1 fully saturated rings. The summed E-state index contributed by atoms with van der Waals surface area (Å²) in [5.41, 5.74) is 6.11. The maximum Gasteiger partial charge on any atom is 0.334 e. The van der Waals surface area contributed by atoms with Gasteiger partial charge in [0.05, 0.1) is 18.1 Å². The van der Waals surface area contributed by atoms with Crippen LogP contribution in [0.1, 0.15) is 37.3 Å². The van der Waals surface area contributed by atoms with Crippen molar-refractivity contribution >= 4 is 11.5 Å².